The number of esters is 1. The number of carbonyl (C=O) groups excluding carboxylic acids is 1. The van der Waals surface area contributed by atoms with E-state index >= 15 is 0 Å². The first kappa shape index (κ1) is 51.7. The third kappa shape index (κ3) is 12.4. The summed E-state index contributed by atoms with van der Waals surface area (Å²) in [4.78, 5) is 12.8. The Bertz CT molecular complexity index is 2100. The van der Waals surface area contributed by atoms with Crippen LogP contribution in [0.5, 0.6) is 11.5 Å². The minimum Gasteiger partial charge on any atom is -0.497 e. The summed E-state index contributed by atoms with van der Waals surface area (Å²) in [6.07, 6.45) is -1.11. The van der Waals surface area contributed by atoms with Gasteiger partial charge < -0.3 is 37.2 Å². The van der Waals surface area contributed by atoms with Crippen molar-refractivity contribution in [3.05, 3.63) is 107 Å². The molecule has 0 radical (unpaired) electrons. The maximum atomic E-state index is 12.8. The second-order valence-electron chi connectivity index (χ2n) is 19.4. The molecule has 3 aromatic carbocycles. The standard InChI is InChI=1S/C49H70N5O9PSi/c1-34(2)54(35(3)4)64(60-30-18-29-50)62-44-42(61-43(45(44)63-65(13,14)48(8,9)10)41-31-53(52-51-41)33-58-46(55)47(5,6)7)32-59-49(36-19-16-15-17-20-36,37-21-25-39(56-11)26-22-37)38-23-27-40(57-12)28-24-38/h15-17,19-28,31,34-35,42-45H,18,30,32-33H2,1-14H3/t42-,43+,44-,45+,64?/m1/s1. The van der Waals surface area contributed by atoms with Gasteiger partial charge in [0.15, 0.2) is 15.0 Å². The summed E-state index contributed by atoms with van der Waals surface area (Å²) < 4.78 is 56.5. The van der Waals surface area contributed by atoms with Crippen molar-refractivity contribution < 1.29 is 42.0 Å². The lowest BCUT2D eigenvalue weighted by Gasteiger charge is -2.42. The van der Waals surface area contributed by atoms with E-state index in [-0.39, 0.29) is 49.5 Å². The van der Waals surface area contributed by atoms with Gasteiger partial charge in [0.1, 0.15) is 47.2 Å². The van der Waals surface area contributed by atoms with Gasteiger partial charge in [0.25, 0.3) is 8.53 Å². The Hall–Kier alpha value is -4.23. The van der Waals surface area contributed by atoms with Crippen molar-refractivity contribution in [2.45, 2.75) is 143 Å². The van der Waals surface area contributed by atoms with Crippen LogP contribution < -0.4 is 9.47 Å². The fourth-order valence-electron chi connectivity index (χ4n) is 7.40. The van der Waals surface area contributed by atoms with Crippen molar-refractivity contribution in [2.75, 3.05) is 27.4 Å². The molecule has 1 aliphatic rings. The minimum atomic E-state index is -2.59. The monoisotopic (exact) mass is 931 g/mol. The molecule has 354 valence electrons. The number of hydrogen-bond donors (Lipinski definition) is 0. The molecule has 0 bridgehead atoms. The molecule has 65 heavy (non-hydrogen) atoms. The van der Waals surface area contributed by atoms with Gasteiger partial charge >= 0.3 is 5.97 Å². The minimum absolute atomic E-state index is 0.0214. The lowest BCUT2D eigenvalue weighted by molar-refractivity contribution is -0.157. The maximum absolute atomic E-state index is 12.8. The van der Waals surface area contributed by atoms with Crippen LogP contribution in [0.4, 0.5) is 0 Å². The van der Waals surface area contributed by atoms with Crippen LogP contribution in [-0.2, 0) is 44.8 Å². The van der Waals surface area contributed by atoms with E-state index in [9.17, 15) is 10.1 Å². The predicted octanol–water partition coefficient (Wildman–Crippen LogP) is 10.3. The second-order valence-corrected chi connectivity index (χ2v) is 25.5. The second kappa shape index (κ2) is 22.0. The SMILES string of the molecule is COc1ccc(C(OC[C@H]2O[C@@H](c3cn(COC(=O)C(C)(C)C)nn3)[C@H](O[Si](C)(C)C(C)(C)C)[C@@H]2OP(OCCC#N)N(C(C)C)C(C)C)(c2ccccc2)c2ccc(OC)cc2)cc1. The fraction of sp³-hybridized carbons (Fsp3) is 0.551. The number of nitriles is 1. The lowest BCUT2D eigenvalue weighted by Crippen LogP contribution is -2.49. The smallest absolute Gasteiger partial charge is 0.313 e. The number of benzene rings is 3. The first-order valence-electron chi connectivity index (χ1n) is 22.3. The van der Waals surface area contributed by atoms with Gasteiger partial charge in [0, 0.05) is 12.1 Å². The first-order chi connectivity index (χ1) is 30.7. The zero-order valence-electron chi connectivity index (χ0n) is 40.7. The van der Waals surface area contributed by atoms with Gasteiger partial charge in [-0.25, -0.2) is 9.35 Å². The third-order valence-electron chi connectivity index (χ3n) is 11.8. The van der Waals surface area contributed by atoms with Crippen molar-refractivity contribution in [3.8, 4) is 17.6 Å². The largest absolute Gasteiger partial charge is 0.497 e. The highest BCUT2D eigenvalue weighted by molar-refractivity contribution is 7.44. The van der Waals surface area contributed by atoms with Crippen molar-refractivity contribution in [3.63, 3.8) is 0 Å². The van der Waals surface area contributed by atoms with Gasteiger partial charge in [-0.1, -0.05) is 80.6 Å². The summed E-state index contributed by atoms with van der Waals surface area (Å²) >= 11 is 0. The van der Waals surface area contributed by atoms with E-state index in [1.54, 1.807) is 41.2 Å². The van der Waals surface area contributed by atoms with Crippen molar-refractivity contribution in [2.24, 2.45) is 5.41 Å². The summed E-state index contributed by atoms with van der Waals surface area (Å²) in [6, 6.07) is 28.1. The highest BCUT2D eigenvalue weighted by Gasteiger charge is 2.54. The molecule has 2 heterocycles. The molecule has 4 aromatic rings. The molecule has 5 rings (SSSR count). The summed E-state index contributed by atoms with van der Waals surface area (Å²) in [6.45, 7) is 24.8. The molecule has 0 spiro atoms. The van der Waals surface area contributed by atoms with Crippen LogP contribution in [0.25, 0.3) is 0 Å². The van der Waals surface area contributed by atoms with E-state index in [1.807, 2.05) is 66.7 Å². The van der Waals surface area contributed by atoms with E-state index < -0.39 is 52.3 Å². The van der Waals surface area contributed by atoms with Crippen molar-refractivity contribution >= 4 is 22.8 Å². The van der Waals surface area contributed by atoms with Crippen molar-refractivity contribution in [1.82, 2.24) is 19.7 Å². The number of nitrogens with zero attached hydrogens (tertiary/aromatic N) is 5. The van der Waals surface area contributed by atoms with Crippen LogP contribution in [0, 0.1) is 16.7 Å². The van der Waals surface area contributed by atoms with Crippen LogP contribution in [0.3, 0.4) is 0 Å². The molecular weight excluding hydrogens is 862 g/mol. The Kier molecular flexibility index (Phi) is 17.5. The molecule has 1 aromatic heterocycles. The number of rotatable bonds is 21. The van der Waals surface area contributed by atoms with E-state index in [2.05, 4.69) is 94.7 Å². The fourth-order valence-corrected chi connectivity index (χ4v) is 10.5. The predicted molar refractivity (Wildman–Crippen MR) is 254 cm³/mol. The Morgan fingerprint density at radius 1 is 0.862 bits per heavy atom. The molecule has 1 aliphatic heterocycles. The van der Waals surface area contributed by atoms with Crippen LogP contribution in [0.1, 0.15) is 104 Å². The zero-order chi connectivity index (χ0) is 47.7. The number of methoxy groups -OCH3 is 2. The molecule has 1 unspecified atom stereocenters. The summed E-state index contributed by atoms with van der Waals surface area (Å²) in [5.41, 5.74) is 1.22. The van der Waals surface area contributed by atoms with Crippen LogP contribution >= 0.6 is 8.53 Å². The maximum Gasteiger partial charge on any atom is 0.313 e. The average Bonchev–Trinajstić information content (AvgIpc) is 3.86. The highest BCUT2D eigenvalue weighted by atomic mass is 31.2. The summed E-state index contributed by atoms with van der Waals surface area (Å²) in [7, 11) is -1.08. The van der Waals surface area contributed by atoms with Gasteiger partial charge in [0.05, 0.1) is 51.5 Å². The highest BCUT2D eigenvalue weighted by Crippen LogP contribution is 2.53. The Labute approximate surface area is 388 Å². The number of aromatic nitrogens is 3. The van der Waals surface area contributed by atoms with Crippen LogP contribution in [0.2, 0.25) is 18.1 Å². The molecule has 1 fully saturated rings. The molecule has 14 nitrogen and oxygen atoms in total. The Balaban J connectivity index is 1.70. The molecule has 0 aliphatic carbocycles. The van der Waals surface area contributed by atoms with Crippen molar-refractivity contribution in [1.29, 1.82) is 5.26 Å². The quantitative estimate of drug-likeness (QED) is 0.0257. The average molecular weight is 932 g/mol. The van der Waals surface area contributed by atoms with Gasteiger partial charge in [-0.15, -0.1) is 5.10 Å². The van der Waals surface area contributed by atoms with E-state index in [1.165, 1.54) is 4.68 Å². The third-order valence-corrected chi connectivity index (χ3v) is 18.4. The number of ether oxygens (including phenoxy) is 5. The molecule has 0 amide bonds. The lowest BCUT2D eigenvalue weighted by atomic mass is 9.80. The zero-order valence-corrected chi connectivity index (χ0v) is 42.6. The number of hydrogen-bond acceptors (Lipinski definition) is 13. The summed E-state index contributed by atoms with van der Waals surface area (Å²) in [5, 5.41) is 18.4. The van der Waals surface area contributed by atoms with Gasteiger partial charge in [-0.3, -0.25) is 4.79 Å². The van der Waals surface area contributed by atoms with Gasteiger partial charge in [-0.05, 0) is 108 Å². The first-order valence-corrected chi connectivity index (χ1v) is 26.3. The molecule has 0 N–H and O–H groups in total. The van der Waals surface area contributed by atoms with E-state index in [0.717, 1.165) is 16.7 Å². The Morgan fingerprint density at radius 2 is 1.42 bits per heavy atom. The normalized spacial score (nSPS) is 18.8. The molecular formula is C49H70N5O9PSi. The molecule has 0 saturated carbocycles. The summed E-state index contributed by atoms with van der Waals surface area (Å²) in [5.74, 6) is 1.05. The molecule has 5 atom stereocenters. The Morgan fingerprint density at radius 3 is 1.91 bits per heavy atom. The topological polar surface area (TPSA) is 149 Å². The van der Waals surface area contributed by atoms with E-state index in [0.29, 0.717) is 17.2 Å². The van der Waals surface area contributed by atoms with Gasteiger partial charge in [0.2, 0.25) is 0 Å². The van der Waals surface area contributed by atoms with Gasteiger partial charge in [-0.2, -0.15) is 5.26 Å². The van der Waals surface area contributed by atoms with E-state index in [4.69, 9.17) is 37.2 Å². The van der Waals surface area contributed by atoms with Crippen LogP contribution in [-0.4, -0.2) is 91.8 Å². The molecule has 16 heteroatoms. The number of carbonyl (C=O) groups is 1. The van der Waals surface area contributed by atoms with Crippen LogP contribution in [0.15, 0.2) is 85.1 Å². The molecule has 1 saturated heterocycles.